The number of carboxylic acids is 1. The summed E-state index contributed by atoms with van der Waals surface area (Å²) in [5.74, 6) is 0.825. The molecule has 1 unspecified atom stereocenters. The highest BCUT2D eigenvalue weighted by Crippen LogP contribution is 2.44. The number of aliphatic carboxylic acids is 1. The summed E-state index contributed by atoms with van der Waals surface area (Å²) in [6.07, 6.45) is 1.96. The molecule has 1 aromatic heterocycles. The molecule has 218 valence electrons. The van der Waals surface area contributed by atoms with E-state index in [9.17, 15) is 18.3 Å². The average Bonchev–Trinajstić information content (AvgIpc) is 3.53. The topological polar surface area (TPSA) is 100 Å². The molecule has 6 rings (SSSR count). The molecule has 3 atom stereocenters. The van der Waals surface area contributed by atoms with Crippen LogP contribution in [0, 0.1) is 31.6 Å². The molecule has 0 radical (unpaired) electrons. The Kier molecular flexibility index (Phi) is 7.82. The Balaban J connectivity index is 1.13. The quantitative estimate of drug-likeness (QED) is 0.397. The number of para-hydroxylation sites is 1. The number of aromatic nitrogens is 1. The van der Waals surface area contributed by atoms with E-state index in [4.69, 9.17) is 9.72 Å². The van der Waals surface area contributed by atoms with Crippen LogP contribution in [0.3, 0.4) is 0 Å². The van der Waals surface area contributed by atoms with Gasteiger partial charge in [0, 0.05) is 43.7 Å². The van der Waals surface area contributed by atoms with Gasteiger partial charge < -0.3 is 14.7 Å². The lowest BCUT2D eigenvalue weighted by molar-refractivity contribution is -0.144. The average molecular weight is 596 g/mol. The number of carbonyl (C=O) groups is 1. The van der Waals surface area contributed by atoms with Gasteiger partial charge in [-0.15, -0.1) is 11.3 Å². The van der Waals surface area contributed by atoms with E-state index in [2.05, 4.69) is 59.4 Å². The second kappa shape index (κ2) is 11.4. The Bertz CT molecular complexity index is 1520. The first-order valence-electron chi connectivity index (χ1n) is 14.3. The number of benzene rings is 2. The van der Waals surface area contributed by atoms with Crippen molar-refractivity contribution < 1.29 is 23.1 Å². The molecule has 3 aromatic rings. The number of hydrogen-bond acceptors (Lipinski definition) is 8. The summed E-state index contributed by atoms with van der Waals surface area (Å²) in [5, 5.41) is 12.7. The number of nitrogens with zero attached hydrogens (tertiary/aromatic N) is 3. The van der Waals surface area contributed by atoms with Gasteiger partial charge in [0.15, 0.2) is 15.0 Å². The Hall–Kier alpha value is -2.95. The molecule has 2 aromatic carbocycles. The molecule has 2 bridgehead atoms. The Morgan fingerprint density at radius 1 is 1.07 bits per heavy atom. The number of anilines is 1. The van der Waals surface area contributed by atoms with Crippen LogP contribution >= 0.6 is 11.3 Å². The number of ether oxygens (including phenoxy) is 1. The van der Waals surface area contributed by atoms with E-state index in [0.29, 0.717) is 19.7 Å². The number of fused-ring (bicyclic) bond motifs is 2. The van der Waals surface area contributed by atoms with Gasteiger partial charge in [-0.05, 0) is 66.8 Å². The van der Waals surface area contributed by atoms with E-state index >= 15 is 0 Å². The van der Waals surface area contributed by atoms with Gasteiger partial charge in [-0.3, -0.25) is 9.69 Å². The van der Waals surface area contributed by atoms with Crippen molar-refractivity contribution in [2.75, 3.05) is 42.6 Å². The van der Waals surface area contributed by atoms with E-state index < -0.39 is 15.8 Å². The molecular formula is C31H37N3O5S2. The van der Waals surface area contributed by atoms with Crippen LogP contribution in [0.25, 0.3) is 11.3 Å². The summed E-state index contributed by atoms with van der Waals surface area (Å²) < 4.78 is 29.9. The lowest BCUT2D eigenvalue weighted by Crippen LogP contribution is -2.44. The highest BCUT2D eigenvalue weighted by molar-refractivity contribution is 7.91. The third-order valence-electron chi connectivity index (χ3n) is 8.99. The van der Waals surface area contributed by atoms with Crippen LogP contribution in [-0.2, 0) is 27.8 Å². The van der Waals surface area contributed by atoms with Gasteiger partial charge in [0.05, 0.1) is 23.1 Å². The summed E-state index contributed by atoms with van der Waals surface area (Å²) >= 11 is 1.61. The standard InChI is InChI=1S/C31H37N3O5S2/c1-20-4-3-5-26(27-19-40-31(32-27)34-16-23-8-9-24(17-34)28(23)30(35)36)29(20)39-18-25-7-6-22(14-21(25)2)15-33-10-12-41(37,38)13-11-33/h3-7,14,19,23-24,28H,8-13,15-18H2,1-2H3,(H,35,36)/t23-,24+,28?. The van der Waals surface area contributed by atoms with Crippen LogP contribution < -0.4 is 9.64 Å². The molecule has 41 heavy (non-hydrogen) atoms. The second-order valence-corrected chi connectivity index (χ2v) is 15.0. The van der Waals surface area contributed by atoms with Gasteiger partial charge >= 0.3 is 5.97 Å². The van der Waals surface area contributed by atoms with E-state index in [1.807, 2.05) is 6.07 Å². The lowest BCUT2D eigenvalue weighted by atomic mass is 9.85. The molecule has 10 heteroatoms. The zero-order chi connectivity index (χ0) is 28.7. The third kappa shape index (κ3) is 6.01. The third-order valence-corrected chi connectivity index (χ3v) is 11.5. The molecule has 1 aliphatic carbocycles. The van der Waals surface area contributed by atoms with E-state index in [0.717, 1.165) is 71.3 Å². The van der Waals surface area contributed by atoms with Gasteiger partial charge in [0.1, 0.15) is 12.4 Å². The second-order valence-electron chi connectivity index (χ2n) is 11.8. The normalized spacial score (nSPS) is 24.0. The summed E-state index contributed by atoms with van der Waals surface area (Å²) in [6, 6.07) is 12.5. The summed E-state index contributed by atoms with van der Waals surface area (Å²) in [6.45, 7) is 8.01. The van der Waals surface area contributed by atoms with Crippen LogP contribution in [0.2, 0.25) is 0 Å². The number of carboxylic acid groups (broad SMARTS) is 1. The minimum atomic E-state index is -2.88. The fraction of sp³-hybridized carbons (Fsp3) is 0.484. The number of hydrogen-bond donors (Lipinski definition) is 1. The van der Waals surface area contributed by atoms with Crippen molar-refractivity contribution in [3.63, 3.8) is 0 Å². The predicted molar refractivity (Wildman–Crippen MR) is 161 cm³/mol. The molecular weight excluding hydrogens is 558 g/mol. The van der Waals surface area contributed by atoms with Gasteiger partial charge in [0.25, 0.3) is 0 Å². The van der Waals surface area contributed by atoms with E-state index in [1.165, 1.54) is 5.56 Å². The number of aryl methyl sites for hydroxylation is 2. The molecule has 1 N–H and O–H groups in total. The molecule has 3 aliphatic rings. The number of piperidine rings is 1. The highest BCUT2D eigenvalue weighted by Gasteiger charge is 2.46. The molecule has 8 nitrogen and oxygen atoms in total. The molecule has 2 aliphatic heterocycles. The van der Waals surface area contributed by atoms with Crippen LogP contribution in [-0.4, -0.2) is 67.1 Å². The zero-order valence-corrected chi connectivity index (χ0v) is 25.2. The van der Waals surface area contributed by atoms with Crippen molar-refractivity contribution >= 4 is 32.3 Å². The first-order valence-corrected chi connectivity index (χ1v) is 17.0. The maximum Gasteiger partial charge on any atom is 0.307 e. The van der Waals surface area contributed by atoms with Crippen molar-refractivity contribution in [3.05, 3.63) is 64.0 Å². The number of thiazole rings is 1. The smallest absolute Gasteiger partial charge is 0.307 e. The maximum atomic E-state index is 11.8. The van der Waals surface area contributed by atoms with Crippen LogP contribution in [0.4, 0.5) is 5.13 Å². The SMILES string of the molecule is Cc1cc(CN2CCS(=O)(=O)CC2)ccc1COc1c(C)cccc1-c1csc(N2C[C@H]3CC[C@@H](C2)C3C(=O)O)n1. The lowest BCUT2D eigenvalue weighted by Gasteiger charge is -2.35. The first kappa shape index (κ1) is 28.2. The van der Waals surface area contributed by atoms with Gasteiger partial charge in [-0.1, -0.05) is 30.3 Å². The van der Waals surface area contributed by atoms with Gasteiger partial charge in [-0.25, -0.2) is 13.4 Å². The molecule has 0 spiro atoms. The Labute approximate surface area is 245 Å². The van der Waals surface area contributed by atoms with Gasteiger partial charge in [-0.2, -0.15) is 0 Å². The van der Waals surface area contributed by atoms with Crippen molar-refractivity contribution in [1.29, 1.82) is 0 Å². The van der Waals surface area contributed by atoms with Crippen molar-refractivity contribution in [2.24, 2.45) is 17.8 Å². The maximum absolute atomic E-state index is 11.8. The highest BCUT2D eigenvalue weighted by atomic mass is 32.2. The number of rotatable bonds is 8. The predicted octanol–water partition coefficient (Wildman–Crippen LogP) is 4.78. The van der Waals surface area contributed by atoms with E-state index in [-0.39, 0.29) is 29.3 Å². The van der Waals surface area contributed by atoms with E-state index in [1.54, 1.807) is 11.3 Å². The van der Waals surface area contributed by atoms with Crippen LogP contribution in [0.15, 0.2) is 41.8 Å². The molecule has 0 amide bonds. The minimum Gasteiger partial charge on any atom is -0.488 e. The molecule has 3 heterocycles. The monoisotopic (exact) mass is 595 g/mol. The van der Waals surface area contributed by atoms with Crippen molar-refractivity contribution in [2.45, 2.75) is 39.8 Å². The summed E-state index contributed by atoms with van der Waals surface area (Å²) in [7, 11) is -2.88. The Morgan fingerprint density at radius 2 is 1.80 bits per heavy atom. The largest absolute Gasteiger partial charge is 0.488 e. The van der Waals surface area contributed by atoms with Crippen molar-refractivity contribution in [3.8, 4) is 17.0 Å². The molecule has 1 saturated carbocycles. The molecule has 2 saturated heterocycles. The Morgan fingerprint density at radius 3 is 2.49 bits per heavy atom. The number of sulfone groups is 1. The van der Waals surface area contributed by atoms with Gasteiger partial charge in [0.2, 0.25) is 0 Å². The zero-order valence-electron chi connectivity index (χ0n) is 23.6. The molecule has 3 fully saturated rings. The first-order chi connectivity index (χ1) is 19.7. The minimum absolute atomic E-state index is 0.196. The van der Waals surface area contributed by atoms with Crippen LogP contribution in [0.1, 0.15) is 35.1 Å². The fourth-order valence-electron chi connectivity index (χ4n) is 6.70. The summed E-state index contributed by atoms with van der Waals surface area (Å²) in [4.78, 5) is 21.2. The van der Waals surface area contributed by atoms with Crippen LogP contribution in [0.5, 0.6) is 5.75 Å². The summed E-state index contributed by atoms with van der Waals surface area (Å²) in [5.41, 5.74) is 6.33. The van der Waals surface area contributed by atoms with Crippen molar-refractivity contribution in [1.82, 2.24) is 9.88 Å². The fourth-order valence-corrected chi connectivity index (χ4v) is 8.82.